The minimum atomic E-state index is -4.47. The predicted molar refractivity (Wildman–Crippen MR) is 60.2 cm³/mol. The molecule has 0 N–H and O–H groups in total. The lowest BCUT2D eigenvalue weighted by Gasteiger charge is -2.14. The zero-order valence-corrected chi connectivity index (χ0v) is 10.4. The number of halogens is 5. The first-order valence-electron chi connectivity index (χ1n) is 4.94. The molecule has 0 radical (unpaired) electrons. The summed E-state index contributed by atoms with van der Waals surface area (Å²) in [5, 5.41) is 0.334. The van der Waals surface area contributed by atoms with Crippen molar-refractivity contribution in [2.75, 3.05) is 13.3 Å². The molecule has 0 saturated carbocycles. The summed E-state index contributed by atoms with van der Waals surface area (Å²) in [6, 6.07) is 3.83. The molecule has 1 rings (SSSR count). The van der Waals surface area contributed by atoms with Gasteiger partial charge in [-0.2, -0.15) is 13.2 Å². The Morgan fingerprint density at radius 1 is 1.24 bits per heavy atom. The highest BCUT2D eigenvalue weighted by molar-refractivity contribution is 9.08. The third-order valence-corrected chi connectivity index (χ3v) is 2.69. The van der Waals surface area contributed by atoms with Crippen molar-refractivity contribution in [1.82, 2.24) is 0 Å². The van der Waals surface area contributed by atoms with Crippen LogP contribution in [0.5, 0.6) is 5.75 Å². The fourth-order valence-electron chi connectivity index (χ4n) is 1.24. The molecule has 0 unspecified atom stereocenters. The van der Waals surface area contributed by atoms with Crippen LogP contribution in [0.4, 0.5) is 17.6 Å². The maximum Gasteiger partial charge on any atom is 0.419 e. The number of ether oxygens (including phenoxy) is 1. The van der Waals surface area contributed by atoms with E-state index in [-0.39, 0.29) is 18.8 Å². The number of benzene rings is 1. The monoisotopic (exact) mass is 314 g/mol. The van der Waals surface area contributed by atoms with E-state index in [1.807, 2.05) is 0 Å². The number of alkyl halides is 5. The molecule has 0 aliphatic heterocycles. The smallest absolute Gasteiger partial charge is 0.419 e. The Labute approximate surface area is 105 Å². The van der Waals surface area contributed by atoms with Crippen LogP contribution in [-0.4, -0.2) is 13.3 Å². The van der Waals surface area contributed by atoms with E-state index in [9.17, 15) is 17.6 Å². The Morgan fingerprint density at radius 2 is 1.94 bits per heavy atom. The summed E-state index contributed by atoms with van der Waals surface area (Å²) in [5.74, 6) is -0.254. The molecule has 0 aromatic heterocycles. The zero-order valence-electron chi connectivity index (χ0n) is 8.86. The third-order valence-electron chi connectivity index (χ3n) is 2.04. The van der Waals surface area contributed by atoms with E-state index in [0.717, 1.165) is 6.07 Å². The van der Waals surface area contributed by atoms with Crippen LogP contribution in [0.2, 0.25) is 0 Å². The lowest BCUT2D eigenvalue weighted by atomic mass is 10.1. The Kier molecular flexibility index (Phi) is 5.24. The summed E-state index contributed by atoms with van der Waals surface area (Å²) in [5.41, 5.74) is -0.316. The highest BCUT2D eigenvalue weighted by Crippen LogP contribution is 2.37. The maximum atomic E-state index is 12.7. The van der Waals surface area contributed by atoms with E-state index in [0.29, 0.717) is 10.9 Å². The van der Waals surface area contributed by atoms with Crippen LogP contribution in [0.3, 0.4) is 0 Å². The molecule has 1 aromatic rings. The van der Waals surface area contributed by atoms with Crippen molar-refractivity contribution in [2.24, 2.45) is 0 Å². The lowest BCUT2D eigenvalue weighted by Crippen LogP contribution is -2.10. The van der Waals surface area contributed by atoms with Gasteiger partial charge < -0.3 is 4.74 Å². The second-order valence-corrected chi connectivity index (χ2v) is 3.91. The highest BCUT2D eigenvalue weighted by atomic mass is 79.9. The molecule has 0 heterocycles. The molecule has 17 heavy (non-hydrogen) atoms. The molecular formula is C11H11BrF4O. The Hall–Kier alpha value is -0.780. The Bertz CT molecular complexity index is 365. The van der Waals surface area contributed by atoms with E-state index in [1.54, 1.807) is 0 Å². The summed E-state index contributed by atoms with van der Waals surface area (Å²) in [6.45, 7) is -0.673. The molecule has 1 aromatic carbocycles. The van der Waals surface area contributed by atoms with Crippen LogP contribution in [0.15, 0.2) is 18.2 Å². The van der Waals surface area contributed by atoms with Gasteiger partial charge in [-0.1, -0.05) is 22.0 Å². The van der Waals surface area contributed by atoms with E-state index in [4.69, 9.17) is 4.74 Å². The largest absolute Gasteiger partial charge is 0.493 e. The van der Waals surface area contributed by atoms with Gasteiger partial charge in [0, 0.05) is 11.8 Å². The summed E-state index contributed by atoms with van der Waals surface area (Å²) >= 11 is 3.09. The zero-order chi connectivity index (χ0) is 12.9. The van der Waals surface area contributed by atoms with E-state index in [1.165, 1.54) is 12.1 Å². The predicted octanol–water partition coefficient (Wildman–Crippen LogP) is 4.34. The molecule has 0 spiro atoms. The minimum absolute atomic E-state index is 0.0623. The van der Waals surface area contributed by atoms with Crippen molar-refractivity contribution in [1.29, 1.82) is 0 Å². The first kappa shape index (κ1) is 14.3. The summed E-state index contributed by atoms with van der Waals surface area (Å²) in [6.07, 6.45) is -4.39. The molecule has 0 aliphatic carbocycles. The van der Waals surface area contributed by atoms with E-state index in [2.05, 4.69) is 15.9 Å². The molecule has 0 aliphatic rings. The van der Waals surface area contributed by atoms with E-state index < -0.39 is 18.4 Å². The first-order valence-corrected chi connectivity index (χ1v) is 6.06. The van der Waals surface area contributed by atoms with Gasteiger partial charge in [-0.05, 0) is 17.7 Å². The van der Waals surface area contributed by atoms with Gasteiger partial charge in [0.05, 0.1) is 18.8 Å². The Balaban J connectivity index is 2.95. The van der Waals surface area contributed by atoms with Crippen molar-refractivity contribution >= 4 is 15.9 Å². The molecule has 1 nitrogen and oxygen atoms in total. The second-order valence-electron chi connectivity index (χ2n) is 3.35. The van der Waals surface area contributed by atoms with Crippen molar-refractivity contribution in [3.8, 4) is 5.75 Å². The molecule has 0 amide bonds. The topological polar surface area (TPSA) is 9.23 Å². The van der Waals surface area contributed by atoms with Crippen molar-refractivity contribution in [2.45, 2.75) is 17.9 Å². The third kappa shape index (κ3) is 4.18. The van der Waals surface area contributed by atoms with Crippen molar-refractivity contribution in [3.05, 3.63) is 29.3 Å². The average Bonchev–Trinajstić information content (AvgIpc) is 2.28. The van der Waals surface area contributed by atoms with Crippen molar-refractivity contribution in [3.63, 3.8) is 0 Å². The van der Waals surface area contributed by atoms with Crippen LogP contribution in [0.25, 0.3) is 0 Å². The normalized spacial score (nSPS) is 11.6. The van der Waals surface area contributed by atoms with Gasteiger partial charge >= 0.3 is 6.18 Å². The van der Waals surface area contributed by atoms with Gasteiger partial charge in [-0.25, -0.2) is 0 Å². The molecule has 0 atom stereocenters. The SMILES string of the molecule is FCCCOc1ccc(CBr)cc1C(F)(F)F. The standard InChI is InChI=1S/C11H11BrF4O/c12-7-8-2-3-10(17-5-1-4-13)9(6-8)11(14,15)16/h2-3,6H,1,4-5,7H2. The maximum absolute atomic E-state index is 12.7. The molecular weight excluding hydrogens is 304 g/mol. The second kappa shape index (κ2) is 6.23. The van der Waals surface area contributed by atoms with Crippen LogP contribution in [0.1, 0.15) is 17.5 Å². The van der Waals surface area contributed by atoms with Gasteiger partial charge in [-0.15, -0.1) is 0 Å². The van der Waals surface area contributed by atoms with Crippen LogP contribution in [0, 0.1) is 0 Å². The highest BCUT2D eigenvalue weighted by Gasteiger charge is 2.34. The fourth-order valence-corrected chi connectivity index (χ4v) is 1.59. The number of hydrogen-bond acceptors (Lipinski definition) is 1. The molecule has 0 fully saturated rings. The minimum Gasteiger partial charge on any atom is -0.493 e. The molecule has 0 bridgehead atoms. The van der Waals surface area contributed by atoms with Gasteiger partial charge in [-0.3, -0.25) is 4.39 Å². The van der Waals surface area contributed by atoms with Gasteiger partial charge in [0.15, 0.2) is 0 Å². The summed E-state index contributed by atoms with van der Waals surface area (Å²) < 4.78 is 54.9. The van der Waals surface area contributed by atoms with Gasteiger partial charge in [0.25, 0.3) is 0 Å². The van der Waals surface area contributed by atoms with Crippen LogP contribution >= 0.6 is 15.9 Å². The lowest BCUT2D eigenvalue weighted by molar-refractivity contribution is -0.139. The quantitative estimate of drug-likeness (QED) is 0.446. The van der Waals surface area contributed by atoms with E-state index >= 15 is 0 Å². The van der Waals surface area contributed by atoms with Gasteiger partial charge in [0.2, 0.25) is 0 Å². The summed E-state index contributed by atoms with van der Waals surface area (Å²) in [4.78, 5) is 0. The van der Waals surface area contributed by atoms with Gasteiger partial charge in [0.1, 0.15) is 5.75 Å². The van der Waals surface area contributed by atoms with Crippen LogP contribution < -0.4 is 4.74 Å². The summed E-state index contributed by atoms with van der Waals surface area (Å²) in [7, 11) is 0. The number of hydrogen-bond donors (Lipinski definition) is 0. The Morgan fingerprint density at radius 3 is 2.47 bits per heavy atom. The molecule has 96 valence electrons. The van der Waals surface area contributed by atoms with Crippen molar-refractivity contribution < 1.29 is 22.3 Å². The molecule has 6 heteroatoms. The average molecular weight is 315 g/mol. The fraction of sp³-hybridized carbons (Fsp3) is 0.455. The molecule has 0 saturated heterocycles. The number of rotatable bonds is 5. The van der Waals surface area contributed by atoms with Crippen LogP contribution in [-0.2, 0) is 11.5 Å². The first-order chi connectivity index (χ1) is 7.99.